The second-order valence-corrected chi connectivity index (χ2v) is 6.43. The lowest BCUT2D eigenvalue weighted by Gasteiger charge is -2.32. The van der Waals surface area contributed by atoms with Crippen molar-refractivity contribution in [3.05, 3.63) is 58.7 Å². The van der Waals surface area contributed by atoms with Gasteiger partial charge in [0.15, 0.2) is 0 Å². The average Bonchev–Trinajstić information content (AvgIpc) is 2.65. The molecule has 3 rings (SSSR count). The summed E-state index contributed by atoms with van der Waals surface area (Å²) in [4.78, 5) is 18.4. The number of aromatic nitrogens is 1. The number of hydrogen-bond donors (Lipinski definition) is 0. The van der Waals surface area contributed by atoms with Crippen LogP contribution in [-0.4, -0.2) is 35.0 Å². The van der Waals surface area contributed by atoms with Crippen molar-refractivity contribution in [1.82, 2.24) is 9.88 Å². The molecule has 6 heteroatoms. The first-order chi connectivity index (χ1) is 12.1. The summed E-state index contributed by atoms with van der Waals surface area (Å²) in [6.07, 6.45) is 3.47. The summed E-state index contributed by atoms with van der Waals surface area (Å²) >= 11 is 5.87. The molecule has 5 nitrogen and oxygen atoms in total. The number of nitriles is 1. The minimum Gasteiger partial charge on any atom is -0.474 e. The fourth-order valence-corrected chi connectivity index (χ4v) is 2.92. The summed E-state index contributed by atoms with van der Waals surface area (Å²) in [5.41, 5.74) is 1.48. The highest BCUT2D eigenvalue weighted by atomic mass is 35.5. The largest absolute Gasteiger partial charge is 0.474 e. The van der Waals surface area contributed by atoms with Crippen LogP contribution in [0.2, 0.25) is 5.02 Å². The molecule has 2 heterocycles. The SMILES string of the molecule is N#Cc1ccc(OC2CCN(C(=O)Cc3ccc(Cl)cc3)CC2)nc1. The van der Waals surface area contributed by atoms with Crippen LogP contribution in [0.25, 0.3) is 0 Å². The monoisotopic (exact) mass is 355 g/mol. The van der Waals surface area contributed by atoms with E-state index in [4.69, 9.17) is 21.6 Å². The van der Waals surface area contributed by atoms with E-state index in [2.05, 4.69) is 4.98 Å². The van der Waals surface area contributed by atoms with E-state index in [1.54, 1.807) is 24.3 Å². The second kappa shape index (κ2) is 8.00. The van der Waals surface area contributed by atoms with Crippen LogP contribution in [0, 0.1) is 11.3 Å². The third-order valence-electron chi connectivity index (χ3n) is 4.22. The van der Waals surface area contributed by atoms with Gasteiger partial charge in [-0.25, -0.2) is 4.98 Å². The van der Waals surface area contributed by atoms with Crippen LogP contribution in [0.4, 0.5) is 0 Å². The minimum absolute atomic E-state index is 0.0417. The first-order valence-corrected chi connectivity index (χ1v) is 8.57. The van der Waals surface area contributed by atoms with Crippen LogP contribution in [-0.2, 0) is 11.2 Å². The Morgan fingerprint density at radius 1 is 1.24 bits per heavy atom. The Balaban J connectivity index is 1.48. The van der Waals surface area contributed by atoms with Crippen molar-refractivity contribution >= 4 is 17.5 Å². The van der Waals surface area contributed by atoms with Gasteiger partial charge in [0.1, 0.15) is 12.2 Å². The molecule has 0 aliphatic carbocycles. The Morgan fingerprint density at radius 2 is 1.96 bits per heavy atom. The summed E-state index contributed by atoms with van der Waals surface area (Å²) in [7, 11) is 0. The van der Waals surface area contributed by atoms with E-state index < -0.39 is 0 Å². The van der Waals surface area contributed by atoms with E-state index in [0.29, 0.717) is 36.0 Å². The molecule has 1 aromatic carbocycles. The molecule has 1 aliphatic rings. The van der Waals surface area contributed by atoms with E-state index in [1.165, 1.54) is 6.20 Å². The molecule has 128 valence electrons. The molecule has 1 fully saturated rings. The van der Waals surface area contributed by atoms with E-state index in [-0.39, 0.29) is 12.0 Å². The Morgan fingerprint density at radius 3 is 2.56 bits per heavy atom. The van der Waals surface area contributed by atoms with Crippen LogP contribution < -0.4 is 4.74 Å². The Bertz CT molecular complexity index is 761. The quantitative estimate of drug-likeness (QED) is 0.844. The maximum atomic E-state index is 12.4. The van der Waals surface area contributed by atoms with Gasteiger partial charge in [-0.2, -0.15) is 5.26 Å². The van der Waals surface area contributed by atoms with Crippen molar-refractivity contribution in [2.24, 2.45) is 0 Å². The molecule has 0 saturated carbocycles. The summed E-state index contributed by atoms with van der Waals surface area (Å²) < 4.78 is 5.84. The smallest absolute Gasteiger partial charge is 0.226 e. The molecule has 1 amide bonds. The van der Waals surface area contributed by atoms with Gasteiger partial charge in [0.2, 0.25) is 11.8 Å². The lowest BCUT2D eigenvalue weighted by Crippen LogP contribution is -2.42. The van der Waals surface area contributed by atoms with Crippen molar-refractivity contribution in [1.29, 1.82) is 5.26 Å². The molecule has 0 atom stereocenters. The summed E-state index contributed by atoms with van der Waals surface area (Å²) in [5, 5.41) is 9.45. The lowest BCUT2D eigenvalue weighted by molar-refractivity contribution is -0.132. The number of likely N-dealkylation sites (tertiary alicyclic amines) is 1. The standard InChI is InChI=1S/C19H18ClN3O2/c20-16-4-1-14(2-5-16)11-19(24)23-9-7-17(8-10-23)25-18-6-3-15(12-21)13-22-18/h1-6,13,17H,7-11H2. The molecule has 0 spiro atoms. The van der Waals surface area contributed by atoms with Crippen LogP contribution in [0.15, 0.2) is 42.6 Å². The maximum Gasteiger partial charge on any atom is 0.226 e. The predicted molar refractivity (Wildman–Crippen MR) is 94.3 cm³/mol. The molecule has 0 N–H and O–H groups in total. The first-order valence-electron chi connectivity index (χ1n) is 8.19. The maximum absolute atomic E-state index is 12.4. The molecule has 1 aliphatic heterocycles. The van der Waals surface area contributed by atoms with Crippen molar-refractivity contribution in [3.8, 4) is 11.9 Å². The zero-order valence-corrected chi connectivity index (χ0v) is 14.4. The molecule has 25 heavy (non-hydrogen) atoms. The van der Waals surface area contributed by atoms with Gasteiger partial charge < -0.3 is 9.64 Å². The highest BCUT2D eigenvalue weighted by Gasteiger charge is 2.24. The number of benzene rings is 1. The number of rotatable bonds is 4. The minimum atomic E-state index is 0.0417. The Kier molecular flexibility index (Phi) is 5.52. The molecule has 0 bridgehead atoms. The van der Waals surface area contributed by atoms with Gasteiger partial charge in [0.05, 0.1) is 12.0 Å². The van der Waals surface area contributed by atoms with Gasteiger partial charge in [0, 0.05) is 43.2 Å². The number of halogens is 1. The summed E-state index contributed by atoms with van der Waals surface area (Å²) in [6.45, 7) is 1.35. The van der Waals surface area contributed by atoms with Gasteiger partial charge in [0.25, 0.3) is 0 Å². The number of piperidine rings is 1. The van der Waals surface area contributed by atoms with Gasteiger partial charge in [-0.3, -0.25) is 4.79 Å². The fourth-order valence-electron chi connectivity index (χ4n) is 2.80. The first kappa shape index (κ1) is 17.2. The highest BCUT2D eigenvalue weighted by Crippen LogP contribution is 2.18. The number of nitrogens with zero attached hydrogens (tertiary/aromatic N) is 3. The third kappa shape index (κ3) is 4.71. The van der Waals surface area contributed by atoms with Gasteiger partial charge >= 0.3 is 0 Å². The van der Waals surface area contributed by atoms with E-state index >= 15 is 0 Å². The van der Waals surface area contributed by atoms with Crippen molar-refractivity contribution in [3.63, 3.8) is 0 Å². The zero-order chi connectivity index (χ0) is 17.6. The number of hydrogen-bond acceptors (Lipinski definition) is 4. The van der Waals surface area contributed by atoms with Gasteiger partial charge in [-0.15, -0.1) is 0 Å². The predicted octanol–water partition coefficient (Wildman–Crippen LogP) is 3.22. The zero-order valence-electron chi connectivity index (χ0n) is 13.7. The Labute approximate surface area is 151 Å². The number of carbonyl (C=O) groups is 1. The van der Waals surface area contributed by atoms with E-state index in [1.807, 2.05) is 23.1 Å². The average molecular weight is 356 g/mol. The lowest BCUT2D eigenvalue weighted by atomic mass is 10.1. The molecule has 2 aromatic rings. The van der Waals surface area contributed by atoms with Crippen LogP contribution in [0.1, 0.15) is 24.0 Å². The number of carbonyl (C=O) groups excluding carboxylic acids is 1. The van der Waals surface area contributed by atoms with Crippen molar-refractivity contribution in [2.45, 2.75) is 25.4 Å². The normalized spacial score (nSPS) is 14.8. The van der Waals surface area contributed by atoms with Crippen LogP contribution >= 0.6 is 11.6 Å². The Hall–Kier alpha value is -2.58. The molecule has 1 aromatic heterocycles. The summed E-state index contributed by atoms with van der Waals surface area (Å²) in [6, 6.07) is 12.8. The third-order valence-corrected chi connectivity index (χ3v) is 4.47. The molecule has 1 saturated heterocycles. The van der Waals surface area contributed by atoms with Crippen molar-refractivity contribution in [2.75, 3.05) is 13.1 Å². The van der Waals surface area contributed by atoms with Crippen LogP contribution in [0.3, 0.4) is 0 Å². The molecule has 0 radical (unpaired) electrons. The highest BCUT2D eigenvalue weighted by molar-refractivity contribution is 6.30. The van der Waals surface area contributed by atoms with Crippen LogP contribution in [0.5, 0.6) is 5.88 Å². The molecular formula is C19H18ClN3O2. The van der Waals surface area contributed by atoms with E-state index in [0.717, 1.165) is 18.4 Å². The number of ether oxygens (including phenoxy) is 1. The van der Waals surface area contributed by atoms with Gasteiger partial charge in [-0.05, 0) is 23.8 Å². The molecule has 0 unspecified atom stereocenters. The summed E-state index contributed by atoms with van der Waals surface area (Å²) in [5.74, 6) is 0.641. The molecular weight excluding hydrogens is 338 g/mol. The van der Waals surface area contributed by atoms with E-state index in [9.17, 15) is 4.79 Å². The second-order valence-electron chi connectivity index (χ2n) is 6.00. The number of pyridine rings is 1. The van der Waals surface area contributed by atoms with Gasteiger partial charge in [-0.1, -0.05) is 23.7 Å². The topological polar surface area (TPSA) is 66.2 Å². The fraction of sp³-hybridized carbons (Fsp3) is 0.316. The van der Waals surface area contributed by atoms with Crippen molar-refractivity contribution < 1.29 is 9.53 Å². The number of amides is 1.